The molecule has 20 heavy (non-hydrogen) atoms. The first kappa shape index (κ1) is 15.3. The summed E-state index contributed by atoms with van der Waals surface area (Å²) in [6.07, 6.45) is 2.75. The molecule has 1 aliphatic rings. The molecule has 2 aromatic rings. The lowest BCUT2D eigenvalue weighted by molar-refractivity contribution is 0.368. The summed E-state index contributed by atoms with van der Waals surface area (Å²) < 4.78 is 0. The van der Waals surface area contributed by atoms with Gasteiger partial charge in [0.15, 0.2) is 0 Å². The first-order chi connectivity index (χ1) is 9.40. The van der Waals surface area contributed by atoms with Crippen LogP contribution in [0.3, 0.4) is 0 Å². The molecule has 1 fully saturated rings. The zero-order chi connectivity index (χ0) is 13.1. The fourth-order valence-corrected chi connectivity index (χ4v) is 6.03. The number of hydrogen-bond acceptors (Lipinski definition) is 1. The molecule has 3 radical (unpaired) electrons. The molecule has 1 nitrogen and oxygen atoms in total. The minimum atomic E-state index is -0.367. The third-order valence-corrected chi connectivity index (χ3v) is 7.09. The predicted molar refractivity (Wildman–Crippen MR) is 87.4 cm³/mol. The molecule has 1 heterocycles. The molecule has 0 bridgehead atoms. The molecular formula is C17H19BOP. The van der Waals surface area contributed by atoms with E-state index in [2.05, 4.69) is 60.7 Å². The van der Waals surface area contributed by atoms with Gasteiger partial charge < -0.3 is 5.11 Å². The Morgan fingerprint density at radius 2 is 1.20 bits per heavy atom. The summed E-state index contributed by atoms with van der Waals surface area (Å²) in [5.41, 5.74) is 3.93. The van der Waals surface area contributed by atoms with Crippen molar-refractivity contribution in [2.45, 2.75) is 24.2 Å². The van der Waals surface area contributed by atoms with Gasteiger partial charge in [-0.25, -0.2) is 0 Å². The van der Waals surface area contributed by atoms with Crippen molar-refractivity contribution in [3.63, 3.8) is 0 Å². The first-order valence-corrected chi connectivity index (χ1v) is 8.53. The Bertz CT molecular complexity index is 470. The molecule has 3 rings (SSSR count). The van der Waals surface area contributed by atoms with Gasteiger partial charge in [-0.05, 0) is 24.0 Å². The van der Waals surface area contributed by atoms with Crippen molar-refractivity contribution < 1.29 is 5.11 Å². The molecule has 1 saturated heterocycles. The fourth-order valence-electron chi connectivity index (χ4n) is 3.13. The third kappa shape index (κ3) is 2.97. The molecule has 3 heteroatoms. The van der Waals surface area contributed by atoms with Crippen LogP contribution in [0.5, 0.6) is 0 Å². The number of aliphatic hydroxyl groups is 1. The second-order valence-corrected chi connectivity index (χ2v) is 7.64. The monoisotopic (exact) mass is 281 g/mol. The van der Waals surface area contributed by atoms with Gasteiger partial charge in [0, 0.05) is 19.7 Å². The van der Waals surface area contributed by atoms with E-state index in [1.165, 1.54) is 24.0 Å². The summed E-state index contributed by atoms with van der Waals surface area (Å²) in [5.74, 6) is 0. The normalized spacial score (nSPS) is 22.4. The summed E-state index contributed by atoms with van der Waals surface area (Å²) in [6, 6.07) is 21.4. The van der Waals surface area contributed by atoms with Gasteiger partial charge in [0.05, 0.1) is 6.35 Å². The quantitative estimate of drug-likeness (QED) is 0.656. The Kier molecular flexibility index (Phi) is 5.40. The van der Waals surface area contributed by atoms with Crippen LogP contribution in [-0.2, 0) is 0 Å². The Morgan fingerprint density at radius 3 is 1.55 bits per heavy atom. The van der Waals surface area contributed by atoms with Gasteiger partial charge in [-0.3, -0.25) is 0 Å². The van der Waals surface area contributed by atoms with Crippen molar-refractivity contribution in [2.24, 2.45) is 0 Å². The summed E-state index contributed by atoms with van der Waals surface area (Å²) in [4.78, 5) is 0. The van der Waals surface area contributed by atoms with Crippen LogP contribution in [0.4, 0.5) is 0 Å². The maximum absolute atomic E-state index is 9.86. The zero-order valence-electron chi connectivity index (χ0n) is 11.5. The summed E-state index contributed by atoms with van der Waals surface area (Å²) in [7, 11) is -0.367. The summed E-state index contributed by atoms with van der Waals surface area (Å²) in [6.45, 7) is 0. The number of benzene rings is 2. The molecule has 0 amide bonds. The average Bonchev–Trinajstić information content (AvgIpc) is 2.93. The van der Waals surface area contributed by atoms with Crippen LogP contribution in [0.25, 0.3) is 0 Å². The standard InChI is InChI=1S/C17H19OP.B/c18-13-19-16(14-7-3-1-4-8-14)11-12-17(19)15-9-5-2-6-10-15;/h1-10,16-18H,11-13H2;/t16-,17-;/m0./s1. The van der Waals surface area contributed by atoms with Crippen LogP contribution in [0.2, 0.25) is 0 Å². The highest BCUT2D eigenvalue weighted by Gasteiger charge is 2.36. The van der Waals surface area contributed by atoms with Crippen molar-refractivity contribution in [3.8, 4) is 0 Å². The molecule has 2 aromatic carbocycles. The number of aliphatic hydroxyl groups excluding tert-OH is 1. The molecule has 0 aromatic heterocycles. The largest absolute Gasteiger partial charge is 0.392 e. The lowest BCUT2D eigenvalue weighted by atomic mass is 10.0. The Morgan fingerprint density at radius 1 is 0.800 bits per heavy atom. The Balaban J connectivity index is 0.00000147. The van der Waals surface area contributed by atoms with Gasteiger partial charge in [-0.15, -0.1) is 0 Å². The lowest BCUT2D eigenvalue weighted by Gasteiger charge is -2.24. The molecule has 1 N–H and O–H groups in total. The van der Waals surface area contributed by atoms with Gasteiger partial charge in [0.1, 0.15) is 0 Å². The van der Waals surface area contributed by atoms with Crippen molar-refractivity contribution in [1.29, 1.82) is 0 Å². The van der Waals surface area contributed by atoms with E-state index in [9.17, 15) is 5.11 Å². The minimum Gasteiger partial charge on any atom is -0.392 e. The highest BCUT2D eigenvalue weighted by atomic mass is 31.1. The van der Waals surface area contributed by atoms with E-state index in [0.717, 1.165) is 0 Å². The van der Waals surface area contributed by atoms with Crippen LogP contribution in [0.1, 0.15) is 35.3 Å². The van der Waals surface area contributed by atoms with E-state index in [4.69, 9.17) is 0 Å². The van der Waals surface area contributed by atoms with Crippen molar-refractivity contribution >= 4 is 16.3 Å². The minimum absolute atomic E-state index is 0. The lowest BCUT2D eigenvalue weighted by Crippen LogP contribution is -1.97. The fraction of sp³-hybridized carbons (Fsp3) is 0.294. The zero-order valence-corrected chi connectivity index (χ0v) is 12.4. The van der Waals surface area contributed by atoms with Gasteiger partial charge in [0.2, 0.25) is 0 Å². The van der Waals surface area contributed by atoms with Crippen LogP contribution in [-0.4, -0.2) is 19.9 Å². The SMILES string of the molecule is OCP1[C@H](c2ccccc2)CC[C@H]1c1ccccc1.[B]. The predicted octanol–water partition coefficient (Wildman–Crippen LogP) is 4.31. The van der Waals surface area contributed by atoms with Crippen LogP contribution < -0.4 is 0 Å². The number of rotatable bonds is 3. The molecule has 0 unspecified atom stereocenters. The van der Waals surface area contributed by atoms with Crippen LogP contribution in [0, 0.1) is 0 Å². The van der Waals surface area contributed by atoms with Gasteiger partial charge in [-0.1, -0.05) is 68.6 Å². The smallest absolute Gasteiger partial charge is 0.0635 e. The molecule has 0 aliphatic carbocycles. The summed E-state index contributed by atoms with van der Waals surface area (Å²) >= 11 is 0. The molecule has 0 spiro atoms. The molecule has 101 valence electrons. The van der Waals surface area contributed by atoms with E-state index < -0.39 is 0 Å². The van der Waals surface area contributed by atoms with Gasteiger partial charge in [0.25, 0.3) is 0 Å². The van der Waals surface area contributed by atoms with E-state index in [-0.39, 0.29) is 16.3 Å². The summed E-state index contributed by atoms with van der Waals surface area (Å²) in [5, 5.41) is 9.86. The second-order valence-electron chi connectivity index (χ2n) is 5.09. The topological polar surface area (TPSA) is 20.2 Å². The van der Waals surface area contributed by atoms with Crippen molar-refractivity contribution in [3.05, 3.63) is 71.8 Å². The van der Waals surface area contributed by atoms with E-state index in [0.29, 0.717) is 17.7 Å². The molecule has 2 atom stereocenters. The highest BCUT2D eigenvalue weighted by Crippen LogP contribution is 2.69. The Labute approximate surface area is 124 Å². The van der Waals surface area contributed by atoms with E-state index >= 15 is 0 Å². The third-order valence-electron chi connectivity index (χ3n) is 4.05. The Hall–Kier alpha value is -1.11. The maximum Gasteiger partial charge on any atom is 0.0635 e. The van der Waals surface area contributed by atoms with Crippen LogP contribution >= 0.6 is 7.92 Å². The van der Waals surface area contributed by atoms with Gasteiger partial charge in [-0.2, -0.15) is 0 Å². The number of hydrogen-bond donors (Lipinski definition) is 1. The maximum atomic E-state index is 9.86. The van der Waals surface area contributed by atoms with Crippen molar-refractivity contribution in [1.82, 2.24) is 0 Å². The van der Waals surface area contributed by atoms with Crippen molar-refractivity contribution in [2.75, 3.05) is 6.35 Å². The molecule has 1 aliphatic heterocycles. The molecular weight excluding hydrogens is 262 g/mol. The highest BCUT2D eigenvalue weighted by molar-refractivity contribution is 7.58. The molecule has 0 saturated carbocycles. The first-order valence-electron chi connectivity index (χ1n) is 6.86. The second kappa shape index (κ2) is 7.06. The van der Waals surface area contributed by atoms with E-state index in [1.807, 2.05) is 0 Å². The van der Waals surface area contributed by atoms with E-state index in [1.54, 1.807) is 0 Å². The average molecular weight is 281 g/mol. The van der Waals surface area contributed by atoms with Crippen LogP contribution in [0.15, 0.2) is 60.7 Å². The van der Waals surface area contributed by atoms with Gasteiger partial charge >= 0.3 is 0 Å².